The van der Waals surface area contributed by atoms with Gasteiger partial charge in [0, 0.05) is 0 Å². The van der Waals surface area contributed by atoms with Gasteiger partial charge in [-0.2, -0.15) is 0 Å². The SMILES string of the molecule is CC[Si](C)(CN)Cc1ccc(F)c(C)c1. The molecule has 0 bridgehead atoms. The van der Waals surface area contributed by atoms with Crippen LogP contribution in [0.5, 0.6) is 0 Å². The number of hydrogen-bond acceptors (Lipinski definition) is 1. The van der Waals surface area contributed by atoms with E-state index in [0.29, 0.717) is 0 Å². The molecule has 1 rings (SSSR count). The minimum atomic E-state index is -1.32. The number of aryl methyl sites for hydroxylation is 1. The van der Waals surface area contributed by atoms with Crippen LogP contribution in [0.2, 0.25) is 12.6 Å². The van der Waals surface area contributed by atoms with Crippen molar-refractivity contribution in [3.05, 3.63) is 35.1 Å². The van der Waals surface area contributed by atoms with Crippen molar-refractivity contribution < 1.29 is 4.39 Å². The number of benzene rings is 1. The van der Waals surface area contributed by atoms with Gasteiger partial charge < -0.3 is 5.73 Å². The fraction of sp³-hybridized carbons (Fsp3) is 0.500. The molecule has 2 N–H and O–H groups in total. The highest BCUT2D eigenvalue weighted by atomic mass is 28.3. The molecule has 0 aliphatic rings. The summed E-state index contributed by atoms with van der Waals surface area (Å²) in [5, 5.41) is 0. The van der Waals surface area contributed by atoms with E-state index in [4.69, 9.17) is 5.73 Å². The van der Waals surface area contributed by atoms with E-state index in [0.717, 1.165) is 17.8 Å². The van der Waals surface area contributed by atoms with Gasteiger partial charge in [-0.3, -0.25) is 0 Å². The van der Waals surface area contributed by atoms with Gasteiger partial charge in [0.1, 0.15) is 5.82 Å². The van der Waals surface area contributed by atoms with E-state index < -0.39 is 8.07 Å². The van der Waals surface area contributed by atoms with Crippen molar-refractivity contribution in [2.45, 2.75) is 32.5 Å². The van der Waals surface area contributed by atoms with Gasteiger partial charge in [0.05, 0.1) is 8.07 Å². The summed E-state index contributed by atoms with van der Waals surface area (Å²) < 4.78 is 13.1. The monoisotopic (exact) mass is 225 g/mol. The lowest BCUT2D eigenvalue weighted by molar-refractivity contribution is 0.618. The summed E-state index contributed by atoms with van der Waals surface area (Å²) in [6.07, 6.45) is 0.805. The van der Waals surface area contributed by atoms with E-state index in [1.54, 1.807) is 6.07 Å². The predicted molar refractivity (Wildman–Crippen MR) is 66.0 cm³/mol. The zero-order valence-corrected chi connectivity index (χ0v) is 10.8. The third-order valence-electron chi connectivity index (χ3n) is 3.20. The fourth-order valence-electron chi connectivity index (χ4n) is 1.65. The molecule has 3 heteroatoms. The largest absolute Gasteiger partial charge is 0.333 e. The summed E-state index contributed by atoms with van der Waals surface area (Å²) in [7, 11) is -1.32. The van der Waals surface area contributed by atoms with E-state index in [9.17, 15) is 4.39 Å². The van der Waals surface area contributed by atoms with Crippen LogP contribution in [-0.2, 0) is 6.04 Å². The summed E-state index contributed by atoms with van der Waals surface area (Å²) in [5.74, 6) is -0.119. The average Bonchev–Trinajstić information content (AvgIpc) is 2.23. The van der Waals surface area contributed by atoms with E-state index in [2.05, 4.69) is 13.5 Å². The predicted octanol–water partition coefficient (Wildman–Crippen LogP) is 2.81. The van der Waals surface area contributed by atoms with Crippen LogP contribution in [0.1, 0.15) is 18.1 Å². The zero-order valence-electron chi connectivity index (χ0n) is 9.81. The molecular formula is C12H20FNSi. The van der Waals surface area contributed by atoms with E-state index in [1.165, 1.54) is 11.6 Å². The third kappa shape index (κ3) is 3.14. The first kappa shape index (κ1) is 12.4. The van der Waals surface area contributed by atoms with Crippen LogP contribution < -0.4 is 5.73 Å². The standard InChI is InChI=1S/C12H20FNSi/c1-4-15(3,9-14)8-11-5-6-12(13)10(2)7-11/h5-7H,4,8-9,14H2,1-3H3. The molecule has 1 atom stereocenters. The zero-order chi connectivity index (χ0) is 11.5. The van der Waals surface area contributed by atoms with Crippen LogP contribution >= 0.6 is 0 Å². The van der Waals surface area contributed by atoms with Crippen molar-refractivity contribution in [3.8, 4) is 0 Å². The maximum atomic E-state index is 13.1. The molecule has 84 valence electrons. The highest BCUT2D eigenvalue weighted by molar-refractivity contribution is 6.78. The van der Waals surface area contributed by atoms with E-state index in [-0.39, 0.29) is 5.82 Å². The second-order valence-electron chi connectivity index (χ2n) is 4.63. The molecule has 0 spiro atoms. The smallest absolute Gasteiger partial charge is 0.126 e. The van der Waals surface area contributed by atoms with Gasteiger partial charge in [-0.05, 0) is 30.8 Å². The highest BCUT2D eigenvalue weighted by Crippen LogP contribution is 2.17. The molecule has 1 aromatic rings. The number of nitrogens with two attached hydrogens (primary N) is 1. The quantitative estimate of drug-likeness (QED) is 0.784. The Morgan fingerprint density at radius 3 is 2.53 bits per heavy atom. The van der Waals surface area contributed by atoms with E-state index >= 15 is 0 Å². The molecule has 0 aromatic heterocycles. The van der Waals surface area contributed by atoms with Crippen LogP contribution in [0.4, 0.5) is 4.39 Å². The summed E-state index contributed by atoms with van der Waals surface area (Å²) >= 11 is 0. The van der Waals surface area contributed by atoms with Gasteiger partial charge >= 0.3 is 0 Å². The van der Waals surface area contributed by atoms with Gasteiger partial charge in [0.25, 0.3) is 0 Å². The van der Waals surface area contributed by atoms with Crippen LogP contribution in [0.25, 0.3) is 0 Å². The highest BCUT2D eigenvalue weighted by Gasteiger charge is 2.23. The Hall–Kier alpha value is -0.673. The first-order valence-electron chi connectivity index (χ1n) is 5.46. The lowest BCUT2D eigenvalue weighted by atomic mass is 10.1. The molecule has 15 heavy (non-hydrogen) atoms. The van der Waals surface area contributed by atoms with Gasteiger partial charge in [-0.15, -0.1) is 0 Å². The molecular weight excluding hydrogens is 205 g/mol. The van der Waals surface area contributed by atoms with Crippen LogP contribution in [0, 0.1) is 12.7 Å². The summed E-state index contributed by atoms with van der Waals surface area (Å²) in [4.78, 5) is 0. The van der Waals surface area contributed by atoms with E-state index in [1.807, 2.05) is 19.1 Å². The van der Waals surface area contributed by atoms with Gasteiger partial charge in [0.15, 0.2) is 0 Å². The Bertz CT molecular complexity index is 334. The fourth-order valence-corrected chi connectivity index (χ4v) is 3.54. The van der Waals surface area contributed by atoms with Crippen LogP contribution in [0.15, 0.2) is 18.2 Å². The summed E-state index contributed by atoms with van der Waals surface area (Å²) in [6.45, 7) is 6.33. The average molecular weight is 225 g/mol. The van der Waals surface area contributed by atoms with Crippen LogP contribution in [0.3, 0.4) is 0 Å². The molecule has 1 nitrogen and oxygen atoms in total. The minimum Gasteiger partial charge on any atom is -0.333 e. The molecule has 0 saturated carbocycles. The second-order valence-corrected chi connectivity index (χ2v) is 9.72. The normalized spacial score (nSPS) is 15.0. The van der Waals surface area contributed by atoms with Crippen molar-refractivity contribution in [1.29, 1.82) is 0 Å². The Morgan fingerprint density at radius 2 is 2.07 bits per heavy atom. The van der Waals surface area contributed by atoms with Crippen molar-refractivity contribution in [1.82, 2.24) is 0 Å². The van der Waals surface area contributed by atoms with Crippen LogP contribution in [-0.4, -0.2) is 14.2 Å². The van der Waals surface area contributed by atoms with Crippen molar-refractivity contribution in [3.63, 3.8) is 0 Å². The van der Waals surface area contributed by atoms with Gasteiger partial charge in [-0.1, -0.05) is 37.2 Å². The molecule has 1 unspecified atom stereocenters. The maximum absolute atomic E-state index is 13.1. The molecule has 1 aromatic carbocycles. The van der Waals surface area contributed by atoms with Gasteiger partial charge in [-0.25, -0.2) is 4.39 Å². The Kier molecular flexibility index (Phi) is 4.05. The lowest BCUT2D eigenvalue weighted by Gasteiger charge is -2.24. The summed E-state index contributed by atoms with van der Waals surface area (Å²) in [6, 6.07) is 7.64. The first-order chi connectivity index (χ1) is 7.00. The Labute approximate surface area is 92.5 Å². The number of hydrogen-bond donors (Lipinski definition) is 1. The second kappa shape index (κ2) is 4.90. The maximum Gasteiger partial charge on any atom is 0.126 e. The van der Waals surface area contributed by atoms with Crippen molar-refractivity contribution >= 4 is 8.07 Å². The number of halogens is 1. The number of rotatable bonds is 4. The molecule has 0 aliphatic carbocycles. The Balaban J connectivity index is 2.85. The van der Waals surface area contributed by atoms with Gasteiger partial charge in [0.2, 0.25) is 0 Å². The molecule has 0 aliphatic heterocycles. The topological polar surface area (TPSA) is 26.0 Å². The molecule has 0 amide bonds. The first-order valence-corrected chi connectivity index (χ1v) is 8.58. The lowest BCUT2D eigenvalue weighted by Crippen LogP contribution is -2.41. The van der Waals surface area contributed by atoms with Crippen molar-refractivity contribution in [2.24, 2.45) is 5.73 Å². The molecule has 0 fully saturated rings. The third-order valence-corrected chi connectivity index (χ3v) is 7.15. The minimum absolute atomic E-state index is 0.119. The summed E-state index contributed by atoms with van der Waals surface area (Å²) in [5.41, 5.74) is 7.79. The molecule has 0 heterocycles. The van der Waals surface area contributed by atoms with Crippen molar-refractivity contribution in [2.75, 3.05) is 6.17 Å². The molecule has 0 saturated heterocycles. The molecule has 0 radical (unpaired) electrons. The Morgan fingerprint density at radius 1 is 1.40 bits per heavy atom.